The number of benzene rings is 7. The fraction of sp³-hybridized carbons (Fsp3) is 0.0667. The smallest absolute Gasteiger partial charge is 0.235 e. The van der Waals surface area contributed by atoms with E-state index in [-0.39, 0.29) is 5.41 Å². The van der Waals surface area contributed by atoms with Gasteiger partial charge in [0.1, 0.15) is 0 Å². The number of aromatic nitrogens is 3. The largest absolute Gasteiger partial charge is 0.278 e. The van der Waals surface area contributed by atoms with E-state index in [1.165, 1.54) is 49.4 Å². The average molecular weight is 614 g/mol. The molecule has 0 fully saturated rings. The van der Waals surface area contributed by atoms with Crippen LogP contribution in [0.2, 0.25) is 0 Å². The molecule has 0 saturated carbocycles. The lowest BCUT2D eigenvalue weighted by Gasteiger charge is -2.21. The highest BCUT2D eigenvalue weighted by Gasteiger charge is 2.35. The summed E-state index contributed by atoms with van der Waals surface area (Å²) < 4.78 is 2.25. The predicted molar refractivity (Wildman–Crippen MR) is 200 cm³/mol. The maximum absolute atomic E-state index is 5.47. The summed E-state index contributed by atoms with van der Waals surface area (Å²) in [5, 5.41) is 5.85. The molecule has 0 saturated heterocycles. The van der Waals surface area contributed by atoms with E-state index in [1.807, 2.05) is 0 Å². The van der Waals surface area contributed by atoms with Crippen molar-refractivity contribution in [3.05, 3.63) is 163 Å². The lowest BCUT2D eigenvalue weighted by molar-refractivity contribution is 0.660. The topological polar surface area (TPSA) is 30.7 Å². The third-order valence-corrected chi connectivity index (χ3v) is 10.4. The van der Waals surface area contributed by atoms with E-state index in [2.05, 4.69) is 170 Å². The van der Waals surface area contributed by atoms with Gasteiger partial charge in [0.15, 0.2) is 0 Å². The summed E-state index contributed by atoms with van der Waals surface area (Å²) >= 11 is 0. The van der Waals surface area contributed by atoms with E-state index in [0.717, 1.165) is 38.8 Å². The molecule has 0 bridgehead atoms. The maximum Gasteiger partial charge on any atom is 0.235 e. The number of nitrogens with zero attached hydrogens (tertiary/aromatic N) is 3. The molecule has 0 N–H and O–H groups in total. The Bertz CT molecular complexity index is 2750. The van der Waals surface area contributed by atoms with Gasteiger partial charge < -0.3 is 0 Å². The normalized spacial score (nSPS) is 13.4. The zero-order valence-corrected chi connectivity index (χ0v) is 26.8. The fourth-order valence-electron chi connectivity index (χ4n) is 7.99. The molecule has 0 unspecified atom stereocenters. The van der Waals surface area contributed by atoms with Crippen molar-refractivity contribution in [2.75, 3.05) is 0 Å². The molecule has 7 aromatic carbocycles. The molecule has 3 heteroatoms. The van der Waals surface area contributed by atoms with Gasteiger partial charge in [0.25, 0.3) is 0 Å². The second kappa shape index (κ2) is 9.97. The number of hydrogen-bond acceptors (Lipinski definition) is 2. The van der Waals surface area contributed by atoms with Gasteiger partial charge in [0.2, 0.25) is 5.95 Å². The van der Waals surface area contributed by atoms with Crippen molar-refractivity contribution in [1.29, 1.82) is 0 Å². The highest BCUT2D eigenvalue weighted by molar-refractivity contribution is 6.13. The van der Waals surface area contributed by atoms with Crippen LogP contribution in [0.1, 0.15) is 25.0 Å². The monoisotopic (exact) mass is 613 g/mol. The van der Waals surface area contributed by atoms with Crippen molar-refractivity contribution in [1.82, 2.24) is 14.5 Å². The Hall–Kier alpha value is -6.06. The Morgan fingerprint density at radius 2 is 1.17 bits per heavy atom. The van der Waals surface area contributed by atoms with E-state index < -0.39 is 0 Å². The van der Waals surface area contributed by atoms with Gasteiger partial charge in [-0.05, 0) is 80.6 Å². The van der Waals surface area contributed by atoms with Crippen LogP contribution in [0.4, 0.5) is 0 Å². The van der Waals surface area contributed by atoms with Crippen LogP contribution in [0.3, 0.4) is 0 Å². The first kappa shape index (κ1) is 27.1. The molecule has 48 heavy (non-hydrogen) atoms. The average Bonchev–Trinajstić information content (AvgIpc) is 3.58. The molecule has 0 radical (unpaired) electrons. The zero-order chi connectivity index (χ0) is 32.0. The first-order chi connectivity index (χ1) is 23.5. The van der Waals surface area contributed by atoms with Gasteiger partial charge in [0, 0.05) is 27.1 Å². The molecule has 0 atom stereocenters. The Labute approximate surface area is 278 Å². The van der Waals surface area contributed by atoms with Crippen molar-refractivity contribution in [2.24, 2.45) is 0 Å². The molecule has 9 aromatic rings. The molecule has 0 aliphatic heterocycles. The van der Waals surface area contributed by atoms with Crippen LogP contribution < -0.4 is 0 Å². The Morgan fingerprint density at radius 3 is 2.04 bits per heavy atom. The predicted octanol–water partition coefficient (Wildman–Crippen LogP) is 11.5. The van der Waals surface area contributed by atoms with Crippen molar-refractivity contribution < 1.29 is 0 Å². The summed E-state index contributed by atoms with van der Waals surface area (Å²) in [5.74, 6) is 0.672. The van der Waals surface area contributed by atoms with Gasteiger partial charge >= 0.3 is 0 Å². The quantitative estimate of drug-likeness (QED) is 0.198. The Kier molecular flexibility index (Phi) is 5.63. The van der Waals surface area contributed by atoms with E-state index in [4.69, 9.17) is 9.97 Å². The van der Waals surface area contributed by atoms with Gasteiger partial charge in [-0.15, -0.1) is 0 Å². The Morgan fingerprint density at radius 1 is 0.458 bits per heavy atom. The Balaban J connectivity index is 1.28. The van der Waals surface area contributed by atoms with Gasteiger partial charge in [-0.25, -0.2) is 9.97 Å². The number of hydrogen-bond donors (Lipinski definition) is 0. The van der Waals surface area contributed by atoms with Crippen molar-refractivity contribution >= 4 is 43.5 Å². The number of rotatable bonds is 3. The van der Waals surface area contributed by atoms with Crippen LogP contribution in [0, 0.1) is 0 Å². The molecule has 2 aromatic heterocycles. The molecule has 1 aliphatic rings. The summed E-state index contributed by atoms with van der Waals surface area (Å²) in [5.41, 5.74) is 12.7. The van der Waals surface area contributed by atoms with Crippen LogP contribution in [-0.4, -0.2) is 14.5 Å². The van der Waals surface area contributed by atoms with Gasteiger partial charge in [-0.2, -0.15) is 0 Å². The molecule has 0 spiro atoms. The third-order valence-electron chi connectivity index (χ3n) is 10.4. The minimum absolute atomic E-state index is 0.0559. The highest BCUT2D eigenvalue weighted by atomic mass is 15.2. The van der Waals surface area contributed by atoms with Crippen molar-refractivity contribution in [2.45, 2.75) is 19.3 Å². The van der Waals surface area contributed by atoms with E-state index in [9.17, 15) is 0 Å². The van der Waals surface area contributed by atoms with Crippen LogP contribution in [0.25, 0.3) is 82.9 Å². The van der Waals surface area contributed by atoms with Crippen LogP contribution in [-0.2, 0) is 5.41 Å². The highest BCUT2D eigenvalue weighted by Crippen LogP contribution is 2.49. The first-order valence-electron chi connectivity index (χ1n) is 16.6. The standard InChI is InChI=1S/C45H31N3/c1-45(2)38-18-10-8-16-33(38)36-25-32(21-23-39(36)45)43-35-22-20-31(28-12-4-3-5-13-28)26-40(35)46-44(47-43)48-41-19-11-9-17-34(41)37-24-29-14-6-7-15-30(29)27-42(37)48/h3-27H,1-2H3. The summed E-state index contributed by atoms with van der Waals surface area (Å²) in [7, 11) is 0. The molecular weight excluding hydrogens is 583 g/mol. The molecular formula is C45H31N3. The lowest BCUT2D eigenvalue weighted by Crippen LogP contribution is -2.14. The van der Waals surface area contributed by atoms with Gasteiger partial charge in [-0.3, -0.25) is 4.57 Å². The van der Waals surface area contributed by atoms with E-state index in [1.54, 1.807) is 0 Å². The molecule has 1 aliphatic carbocycles. The summed E-state index contributed by atoms with van der Waals surface area (Å²) in [6.07, 6.45) is 0. The van der Waals surface area contributed by atoms with Crippen LogP contribution in [0.5, 0.6) is 0 Å². The fourth-order valence-corrected chi connectivity index (χ4v) is 7.99. The summed E-state index contributed by atoms with van der Waals surface area (Å²) in [6, 6.07) is 54.6. The summed E-state index contributed by atoms with van der Waals surface area (Å²) in [4.78, 5) is 10.8. The SMILES string of the molecule is CC1(C)c2ccccc2-c2cc(-c3nc(-n4c5ccccc5c5cc6ccccc6cc54)nc4cc(-c5ccccc5)ccc34)ccc21. The van der Waals surface area contributed by atoms with E-state index in [0.29, 0.717) is 5.95 Å². The van der Waals surface area contributed by atoms with Crippen molar-refractivity contribution in [3.63, 3.8) is 0 Å². The zero-order valence-electron chi connectivity index (χ0n) is 26.8. The van der Waals surface area contributed by atoms with Crippen LogP contribution >= 0.6 is 0 Å². The summed E-state index contributed by atoms with van der Waals surface area (Å²) in [6.45, 7) is 4.65. The third kappa shape index (κ3) is 3.88. The van der Waals surface area contributed by atoms with Crippen LogP contribution in [0.15, 0.2) is 152 Å². The first-order valence-corrected chi connectivity index (χ1v) is 16.6. The van der Waals surface area contributed by atoms with E-state index >= 15 is 0 Å². The minimum Gasteiger partial charge on any atom is -0.278 e. The van der Waals surface area contributed by atoms with Gasteiger partial charge in [0.05, 0.1) is 22.2 Å². The molecule has 10 rings (SSSR count). The second-order valence-electron chi connectivity index (χ2n) is 13.5. The minimum atomic E-state index is -0.0559. The number of para-hydroxylation sites is 1. The van der Waals surface area contributed by atoms with Gasteiger partial charge in [-0.1, -0.05) is 129 Å². The lowest BCUT2D eigenvalue weighted by atomic mass is 9.82. The second-order valence-corrected chi connectivity index (χ2v) is 13.5. The molecule has 2 heterocycles. The molecule has 226 valence electrons. The molecule has 0 amide bonds. The van der Waals surface area contributed by atoms with Crippen molar-refractivity contribution in [3.8, 4) is 39.5 Å². The maximum atomic E-state index is 5.47. The molecule has 3 nitrogen and oxygen atoms in total. The number of fused-ring (bicyclic) bond motifs is 8.